The van der Waals surface area contributed by atoms with Gasteiger partial charge in [-0.3, -0.25) is 9.59 Å². The Balaban J connectivity index is 1.56. The molecule has 0 fully saturated rings. The topological polar surface area (TPSA) is 67.4 Å². The normalized spacial score (nSPS) is 10.6. The highest BCUT2D eigenvalue weighted by Crippen LogP contribution is 2.17. The second-order valence-electron chi connectivity index (χ2n) is 8.56. The molecule has 2 N–H and O–H groups in total. The maximum Gasteiger partial charge on any atom is 0.262 e. The highest BCUT2D eigenvalue weighted by molar-refractivity contribution is 5.94. The highest BCUT2D eigenvalue weighted by atomic mass is 16.5. The van der Waals surface area contributed by atoms with Crippen molar-refractivity contribution in [1.29, 1.82) is 0 Å². The van der Waals surface area contributed by atoms with E-state index in [-0.39, 0.29) is 18.4 Å². The van der Waals surface area contributed by atoms with Gasteiger partial charge in [0.1, 0.15) is 5.75 Å². The van der Waals surface area contributed by atoms with Gasteiger partial charge < -0.3 is 15.4 Å². The van der Waals surface area contributed by atoms with Crippen molar-refractivity contribution in [1.82, 2.24) is 0 Å². The number of hydrogen-bond donors (Lipinski definition) is 2. The molecule has 2 aromatic rings. The number of hydrogen-bond acceptors (Lipinski definition) is 3. The van der Waals surface area contributed by atoms with E-state index in [9.17, 15) is 9.59 Å². The van der Waals surface area contributed by atoms with Gasteiger partial charge in [0.25, 0.3) is 5.91 Å². The molecule has 5 heteroatoms. The molecule has 2 rings (SSSR count). The lowest BCUT2D eigenvalue weighted by Gasteiger charge is -2.10. The third-order valence-electron chi connectivity index (χ3n) is 5.55. The molecule has 0 saturated carbocycles. The Labute approximate surface area is 199 Å². The molecule has 180 valence electrons. The van der Waals surface area contributed by atoms with Crippen LogP contribution in [0.2, 0.25) is 0 Å². The van der Waals surface area contributed by atoms with Gasteiger partial charge in [0, 0.05) is 17.8 Å². The van der Waals surface area contributed by atoms with Gasteiger partial charge in [-0.2, -0.15) is 0 Å². The fraction of sp³-hybridized carbons (Fsp3) is 0.500. The predicted octanol–water partition coefficient (Wildman–Crippen LogP) is 7.34. The van der Waals surface area contributed by atoms with E-state index in [4.69, 9.17) is 4.74 Å². The van der Waals surface area contributed by atoms with Crippen molar-refractivity contribution >= 4 is 23.2 Å². The lowest BCUT2D eigenvalue weighted by atomic mass is 10.1. The van der Waals surface area contributed by atoms with Crippen LogP contribution in [0.1, 0.15) is 84.0 Å². The quantitative estimate of drug-likeness (QED) is 0.247. The summed E-state index contributed by atoms with van der Waals surface area (Å²) in [5, 5.41) is 5.73. The Hall–Kier alpha value is -2.82. The van der Waals surface area contributed by atoms with Crippen LogP contribution >= 0.6 is 0 Å². The Kier molecular flexibility index (Phi) is 13.4. The van der Waals surface area contributed by atoms with Crippen LogP contribution in [-0.4, -0.2) is 18.4 Å². The third-order valence-corrected chi connectivity index (χ3v) is 5.55. The minimum Gasteiger partial charge on any atom is -0.484 e. The van der Waals surface area contributed by atoms with Gasteiger partial charge in [-0.15, -0.1) is 0 Å². The molecule has 0 radical (unpaired) electrons. The molecule has 0 aliphatic rings. The van der Waals surface area contributed by atoms with Crippen LogP contribution < -0.4 is 15.4 Å². The third kappa shape index (κ3) is 12.7. The predicted molar refractivity (Wildman–Crippen MR) is 137 cm³/mol. The Morgan fingerprint density at radius 1 is 0.667 bits per heavy atom. The first-order valence-electron chi connectivity index (χ1n) is 12.5. The molecule has 0 aliphatic carbocycles. The maximum absolute atomic E-state index is 12.2. The van der Waals surface area contributed by atoms with E-state index in [0.717, 1.165) is 12.8 Å². The smallest absolute Gasteiger partial charge is 0.262 e. The summed E-state index contributed by atoms with van der Waals surface area (Å²) in [6.07, 6.45) is 14.5. The van der Waals surface area contributed by atoms with Gasteiger partial charge >= 0.3 is 0 Å². The van der Waals surface area contributed by atoms with Crippen LogP contribution in [0.25, 0.3) is 0 Å². The van der Waals surface area contributed by atoms with Crippen molar-refractivity contribution in [3.05, 3.63) is 54.6 Å². The number of anilines is 2. The van der Waals surface area contributed by atoms with E-state index in [1.165, 1.54) is 57.8 Å². The lowest BCUT2D eigenvalue weighted by Crippen LogP contribution is -2.20. The Morgan fingerprint density at radius 3 is 1.82 bits per heavy atom. The number of carbonyl (C=O) groups is 2. The number of carbonyl (C=O) groups excluding carboxylic acids is 2. The van der Waals surface area contributed by atoms with Crippen LogP contribution in [0.15, 0.2) is 54.6 Å². The Bertz CT molecular complexity index is 808. The summed E-state index contributed by atoms with van der Waals surface area (Å²) in [5.41, 5.74) is 1.31. The number of rotatable bonds is 17. The second kappa shape index (κ2) is 16.8. The SMILES string of the molecule is CCCCCCCCCCCCCC(=O)Nc1cccc(NC(=O)COc2ccccc2)c1. The minimum atomic E-state index is -0.247. The summed E-state index contributed by atoms with van der Waals surface area (Å²) in [4.78, 5) is 24.4. The van der Waals surface area contributed by atoms with Gasteiger partial charge in [0.15, 0.2) is 6.61 Å². The van der Waals surface area contributed by atoms with E-state index in [1.54, 1.807) is 24.3 Å². The molecule has 0 spiro atoms. The number of ether oxygens (including phenoxy) is 1. The zero-order valence-corrected chi connectivity index (χ0v) is 20.1. The second-order valence-corrected chi connectivity index (χ2v) is 8.56. The van der Waals surface area contributed by atoms with Gasteiger partial charge in [0.05, 0.1) is 0 Å². The molecule has 5 nitrogen and oxygen atoms in total. The Morgan fingerprint density at radius 2 is 1.21 bits per heavy atom. The van der Waals surface area contributed by atoms with E-state index < -0.39 is 0 Å². The first-order valence-corrected chi connectivity index (χ1v) is 12.5. The first kappa shape index (κ1) is 26.4. The summed E-state index contributed by atoms with van der Waals surface area (Å²) >= 11 is 0. The van der Waals surface area contributed by atoms with Crippen molar-refractivity contribution < 1.29 is 14.3 Å². The van der Waals surface area contributed by atoms with Crippen LogP contribution in [0.4, 0.5) is 11.4 Å². The monoisotopic (exact) mass is 452 g/mol. The largest absolute Gasteiger partial charge is 0.484 e. The lowest BCUT2D eigenvalue weighted by molar-refractivity contribution is -0.118. The zero-order chi connectivity index (χ0) is 23.6. The molecule has 0 aromatic heterocycles. The van der Waals surface area contributed by atoms with E-state index in [1.807, 2.05) is 30.3 Å². The number of unbranched alkanes of at least 4 members (excludes halogenated alkanes) is 10. The average Bonchev–Trinajstić information content (AvgIpc) is 2.82. The van der Waals surface area contributed by atoms with E-state index in [0.29, 0.717) is 23.5 Å². The molecule has 0 unspecified atom stereocenters. The molecule has 0 aliphatic heterocycles. The molecule has 0 atom stereocenters. The fourth-order valence-corrected chi connectivity index (χ4v) is 3.71. The average molecular weight is 453 g/mol. The minimum absolute atomic E-state index is 0.0156. The van der Waals surface area contributed by atoms with Crippen LogP contribution in [-0.2, 0) is 9.59 Å². The fourth-order valence-electron chi connectivity index (χ4n) is 3.71. The summed E-state index contributed by atoms with van der Waals surface area (Å²) in [6.45, 7) is 2.18. The van der Waals surface area contributed by atoms with Gasteiger partial charge in [-0.05, 0) is 36.8 Å². The molecular formula is C28H40N2O3. The summed E-state index contributed by atoms with van der Waals surface area (Å²) in [7, 11) is 0. The number of benzene rings is 2. The number of nitrogens with one attached hydrogen (secondary N) is 2. The molecule has 0 saturated heterocycles. The number of amides is 2. The van der Waals surface area contributed by atoms with Crippen LogP contribution in [0, 0.1) is 0 Å². The summed E-state index contributed by atoms with van der Waals surface area (Å²) < 4.78 is 5.46. The van der Waals surface area contributed by atoms with Crippen molar-refractivity contribution in [3.63, 3.8) is 0 Å². The van der Waals surface area contributed by atoms with E-state index in [2.05, 4.69) is 17.6 Å². The van der Waals surface area contributed by atoms with Crippen molar-refractivity contribution in [2.24, 2.45) is 0 Å². The van der Waals surface area contributed by atoms with Gasteiger partial charge in [0.2, 0.25) is 5.91 Å². The maximum atomic E-state index is 12.2. The molecule has 0 heterocycles. The van der Waals surface area contributed by atoms with Crippen LogP contribution in [0.3, 0.4) is 0 Å². The molecule has 2 aromatic carbocycles. The molecule has 2 amide bonds. The van der Waals surface area contributed by atoms with Crippen molar-refractivity contribution in [2.45, 2.75) is 84.0 Å². The molecule has 0 bridgehead atoms. The highest BCUT2D eigenvalue weighted by Gasteiger charge is 2.06. The first-order chi connectivity index (χ1) is 16.2. The van der Waals surface area contributed by atoms with Crippen molar-refractivity contribution in [2.75, 3.05) is 17.2 Å². The van der Waals surface area contributed by atoms with Crippen LogP contribution in [0.5, 0.6) is 5.75 Å². The van der Waals surface area contributed by atoms with Gasteiger partial charge in [-0.1, -0.05) is 95.4 Å². The molecular weight excluding hydrogens is 412 g/mol. The summed E-state index contributed by atoms with van der Waals surface area (Å²) in [5.74, 6) is 0.418. The molecule has 33 heavy (non-hydrogen) atoms. The summed E-state index contributed by atoms with van der Waals surface area (Å²) in [6, 6.07) is 16.4. The number of para-hydroxylation sites is 1. The van der Waals surface area contributed by atoms with E-state index >= 15 is 0 Å². The van der Waals surface area contributed by atoms with Gasteiger partial charge in [-0.25, -0.2) is 0 Å². The zero-order valence-electron chi connectivity index (χ0n) is 20.1. The van der Waals surface area contributed by atoms with Crippen molar-refractivity contribution in [3.8, 4) is 5.75 Å². The standard InChI is InChI=1S/C28H40N2O3/c1-2-3-4-5-6-7-8-9-10-11-15-21-27(31)29-24-17-16-18-25(22-24)30-28(32)23-33-26-19-13-12-14-20-26/h12-14,16-20,22H,2-11,15,21,23H2,1H3,(H,29,31)(H,30,32).